The SMILES string of the molecule is O=C(c1ccc([N+](=O)[O-])cc1)N1CCC(C(=O)N2CCN(c3ccccc3)CC2)CC1. The molecule has 2 amide bonds. The van der Waals surface area contributed by atoms with Crippen LogP contribution in [0.2, 0.25) is 0 Å². The number of hydrogen-bond donors (Lipinski definition) is 0. The summed E-state index contributed by atoms with van der Waals surface area (Å²) in [5.74, 6) is -0.00314. The summed E-state index contributed by atoms with van der Waals surface area (Å²) < 4.78 is 0. The van der Waals surface area contributed by atoms with E-state index in [0.29, 0.717) is 31.5 Å². The Kier molecular flexibility index (Phi) is 6.16. The Balaban J connectivity index is 1.27. The number of benzene rings is 2. The Morgan fingerprint density at radius 1 is 0.806 bits per heavy atom. The molecule has 2 fully saturated rings. The molecule has 2 saturated heterocycles. The van der Waals surface area contributed by atoms with Gasteiger partial charge in [-0.05, 0) is 37.1 Å². The zero-order valence-electron chi connectivity index (χ0n) is 17.4. The second kappa shape index (κ2) is 9.16. The smallest absolute Gasteiger partial charge is 0.269 e. The fourth-order valence-corrected chi connectivity index (χ4v) is 4.32. The second-order valence-corrected chi connectivity index (χ2v) is 8.02. The Bertz CT molecular complexity index is 932. The number of anilines is 1. The molecule has 2 aromatic rings. The molecule has 8 heteroatoms. The predicted molar refractivity (Wildman–Crippen MR) is 117 cm³/mol. The van der Waals surface area contributed by atoms with E-state index in [1.165, 1.54) is 30.0 Å². The van der Waals surface area contributed by atoms with Crippen LogP contribution in [0.1, 0.15) is 23.2 Å². The molecule has 2 heterocycles. The van der Waals surface area contributed by atoms with Gasteiger partial charge in [0.1, 0.15) is 0 Å². The van der Waals surface area contributed by atoms with Crippen LogP contribution in [0.15, 0.2) is 54.6 Å². The van der Waals surface area contributed by atoms with Gasteiger partial charge in [0, 0.05) is 68.6 Å². The van der Waals surface area contributed by atoms with Crippen molar-refractivity contribution in [1.82, 2.24) is 9.80 Å². The van der Waals surface area contributed by atoms with Gasteiger partial charge in [0.2, 0.25) is 5.91 Å². The fourth-order valence-electron chi connectivity index (χ4n) is 4.32. The average Bonchev–Trinajstić information content (AvgIpc) is 2.84. The lowest BCUT2D eigenvalue weighted by Crippen LogP contribution is -2.52. The quantitative estimate of drug-likeness (QED) is 0.559. The number of nitrogens with zero attached hydrogens (tertiary/aromatic N) is 4. The first-order valence-electron chi connectivity index (χ1n) is 10.7. The van der Waals surface area contributed by atoms with E-state index in [4.69, 9.17) is 0 Å². The summed E-state index contributed by atoms with van der Waals surface area (Å²) in [5, 5.41) is 10.8. The monoisotopic (exact) mass is 422 g/mol. The van der Waals surface area contributed by atoms with Crippen LogP contribution in [0.5, 0.6) is 0 Å². The van der Waals surface area contributed by atoms with E-state index in [1.807, 2.05) is 23.1 Å². The van der Waals surface area contributed by atoms with Crippen molar-refractivity contribution in [1.29, 1.82) is 0 Å². The number of likely N-dealkylation sites (tertiary alicyclic amines) is 1. The molecule has 2 aliphatic heterocycles. The van der Waals surface area contributed by atoms with Crippen LogP contribution in [0, 0.1) is 16.0 Å². The number of nitro groups is 1. The van der Waals surface area contributed by atoms with Gasteiger partial charge in [-0.3, -0.25) is 19.7 Å². The minimum atomic E-state index is -0.481. The molecular weight excluding hydrogens is 396 g/mol. The van der Waals surface area contributed by atoms with E-state index in [2.05, 4.69) is 17.0 Å². The maximum atomic E-state index is 13.0. The molecule has 0 bridgehead atoms. The lowest BCUT2D eigenvalue weighted by molar-refractivity contribution is -0.384. The van der Waals surface area contributed by atoms with Gasteiger partial charge >= 0.3 is 0 Å². The average molecular weight is 422 g/mol. The lowest BCUT2D eigenvalue weighted by Gasteiger charge is -2.39. The van der Waals surface area contributed by atoms with Crippen LogP contribution in [0.25, 0.3) is 0 Å². The molecule has 0 aromatic heterocycles. The van der Waals surface area contributed by atoms with Crippen molar-refractivity contribution >= 4 is 23.2 Å². The van der Waals surface area contributed by atoms with Crippen LogP contribution in [-0.2, 0) is 4.79 Å². The molecule has 0 aliphatic carbocycles. The molecule has 8 nitrogen and oxygen atoms in total. The van der Waals surface area contributed by atoms with Gasteiger partial charge in [-0.1, -0.05) is 18.2 Å². The van der Waals surface area contributed by atoms with Gasteiger partial charge < -0.3 is 14.7 Å². The number of piperazine rings is 1. The van der Waals surface area contributed by atoms with Crippen LogP contribution in [0.4, 0.5) is 11.4 Å². The zero-order chi connectivity index (χ0) is 21.8. The van der Waals surface area contributed by atoms with Crippen molar-refractivity contribution < 1.29 is 14.5 Å². The highest BCUT2D eigenvalue weighted by Crippen LogP contribution is 2.23. The minimum Gasteiger partial charge on any atom is -0.368 e. The Morgan fingerprint density at radius 3 is 2.00 bits per heavy atom. The van der Waals surface area contributed by atoms with Crippen LogP contribution < -0.4 is 4.90 Å². The summed E-state index contributed by atoms with van der Waals surface area (Å²) in [6.45, 7) is 4.14. The van der Waals surface area contributed by atoms with Crippen LogP contribution in [-0.4, -0.2) is 65.8 Å². The first-order chi connectivity index (χ1) is 15.0. The van der Waals surface area contributed by atoms with Crippen molar-refractivity contribution in [3.8, 4) is 0 Å². The molecule has 0 unspecified atom stereocenters. The number of hydrogen-bond acceptors (Lipinski definition) is 5. The molecule has 2 aliphatic rings. The van der Waals surface area contributed by atoms with Crippen molar-refractivity contribution in [2.45, 2.75) is 12.8 Å². The van der Waals surface area contributed by atoms with E-state index >= 15 is 0 Å². The highest BCUT2D eigenvalue weighted by atomic mass is 16.6. The molecule has 0 N–H and O–H groups in total. The van der Waals surface area contributed by atoms with Crippen molar-refractivity contribution in [2.75, 3.05) is 44.2 Å². The van der Waals surface area contributed by atoms with E-state index in [9.17, 15) is 19.7 Å². The summed E-state index contributed by atoms with van der Waals surface area (Å²) in [7, 11) is 0. The predicted octanol–water partition coefficient (Wildman–Crippen LogP) is 2.80. The van der Waals surface area contributed by atoms with E-state index in [1.54, 1.807) is 4.90 Å². The number of carbonyl (C=O) groups excluding carboxylic acids is 2. The summed E-state index contributed by atoms with van der Waals surface area (Å²) in [4.78, 5) is 42.0. The number of rotatable bonds is 4. The molecule has 31 heavy (non-hydrogen) atoms. The third kappa shape index (κ3) is 4.68. The summed E-state index contributed by atoms with van der Waals surface area (Å²) in [6, 6.07) is 15.9. The molecule has 0 spiro atoms. The van der Waals surface area contributed by atoms with E-state index in [0.717, 1.165) is 26.2 Å². The fraction of sp³-hybridized carbons (Fsp3) is 0.391. The molecule has 2 aromatic carbocycles. The second-order valence-electron chi connectivity index (χ2n) is 8.02. The topological polar surface area (TPSA) is 87.0 Å². The highest BCUT2D eigenvalue weighted by molar-refractivity contribution is 5.94. The number of non-ortho nitro benzene ring substituents is 1. The van der Waals surface area contributed by atoms with Gasteiger partial charge in [-0.2, -0.15) is 0 Å². The Labute approximate surface area is 181 Å². The molecule has 162 valence electrons. The lowest BCUT2D eigenvalue weighted by atomic mass is 9.94. The first kappa shape index (κ1) is 20.8. The molecular formula is C23H26N4O4. The zero-order valence-corrected chi connectivity index (χ0v) is 17.4. The number of amides is 2. The van der Waals surface area contributed by atoms with Gasteiger partial charge in [0.05, 0.1) is 4.92 Å². The van der Waals surface area contributed by atoms with Gasteiger partial charge in [0.15, 0.2) is 0 Å². The summed E-state index contributed by atoms with van der Waals surface area (Å²) in [6.07, 6.45) is 1.30. The Hall–Kier alpha value is -3.42. The molecule has 4 rings (SSSR count). The van der Waals surface area contributed by atoms with Gasteiger partial charge in [0.25, 0.3) is 11.6 Å². The maximum Gasteiger partial charge on any atom is 0.269 e. The summed E-state index contributed by atoms with van der Waals surface area (Å²) >= 11 is 0. The van der Waals surface area contributed by atoms with Crippen molar-refractivity contribution in [3.05, 3.63) is 70.3 Å². The summed E-state index contributed by atoms with van der Waals surface area (Å²) in [5.41, 5.74) is 1.59. The van der Waals surface area contributed by atoms with Gasteiger partial charge in [-0.25, -0.2) is 0 Å². The van der Waals surface area contributed by atoms with Crippen molar-refractivity contribution in [3.63, 3.8) is 0 Å². The van der Waals surface area contributed by atoms with Crippen LogP contribution in [0.3, 0.4) is 0 Å². The maximum absolute atomic E-state index is 13.0. The third-order valence-corrected chi connectivity index (χ3v) is 6.17. The largest absolute Gasteiger partial charge is 0.368 e. The minimum absolute atomic E-state index is 0.0341. The van der Waals surface area contributed by atoms with Gasteiger partial charge in [-0.15, -0.1) is 0 Å². The molecule has 0 saturated carbocycles. The van der Waals surface area contributed by atoms with E-state index in [-0.39, 0.29) is 23.4 Å². The number of piperidine rings is 1. The first-order valence-corrected chi connectivity index (χ1v) is 10.7. The van der Waals surface area contributed by atoms with Crippen LogP contribution >= 0.6 is 0 Å². The number of para-hydroxylation sites is 1. The third-order valence-electron chi connectivity index (χ3n) is 6.17. The Morgan fingerprint density at radius 2 is 1.42 bits per heavy atom. The van der Waals surface area contributed by atoms with E-state index < -0.39 is 4.92 Å². The van der Waals surface area contributed by atoms with Crippen molar-refractivity contribution in [2.24, 2.45) is 5.92 Å². The standard InChI is InChI=1S/C23H26N4O4/c28-22(18-6-8-21(9-7-18)27(30)31)25-12-10-19(11-13-25)23(29)26-16-14-24(15-17-26)20-4-2-1-3-5-20/h1-9,19H,10-17H2. The number of carbonyl (C=O) groups is 2. The highest BCUT2D eigenvalue weighted by Gasteiger charge is 2.32. The number of nitro benzene ring substituents is 1. The molecule has 0 atom stereocenters. The molecule has 0 radical (unpaired) electrons. The normalized spacial score (nSPS) is 17.5.